The van der Waals surface area contributed by atoms with Gasteiger partial charge < -0.3 is 15.5 Å². The lowest BCUT2D eigenvalue weighted by Gasteiger charge is -2.37. The van der Waals surface area contributed by atoms with E-state index < -0.39 is 0 Å². The lowest BCUT2D eigenvalue weighted by atomic mass is 10.1. The largest absolute Gasteiger partial charge is 0.368 e. The van der Waals surface area contributed by atoms with Crippen LogP contribution in [0.15, 0.2) is 54.6 Å². The molecule has 1 saturated heterocycles. The van der Waals surface area contributed by atoms with Gasteiger partial charge in [0.05, 0.1) is 0 Å². The van der Waals surface area contributed by atoms with E-state index in [0.717, 1.165) is 26.2 Å². The first-order valence-electron chi connectivity index (χ1n) is 7.64. The fourth-order valence-electron chi connectivity index (χ4n) is 2.85. The molecule has 1 fully saturated rings. The average Bonchev–Trinajstić information content (AvgIpc) is 2.56. The molecule has 0 aliphatic carbocycles. The van der Waals surface area contributed by atoms with Gasteiger partial charge in [-0.3, -0.25) is 0 Å². The summed E-state index contributed by atoms with van der Waals surface area (Å²) in [6.45, 7) is 6.28. The molecule has 3 rings (SSSR count). The van der Waals surface area contributed by atoms with E-state index in [9.17, 15) is 0 Å². The summed E-state index contributed by atoms with van der Waals surface area (Å²) in [6, 6.07) is 19.4. The zero-order valence-electron chi connectivity index (χ0n) is 12.6. The average molecular weight is 281 g/mol. The highest BCUT2D eigenvalue weighted by atomic mass is 15.3. The van der Waals surface area contributed by atoms with Crippen LogP contribution < -0.4 is 15.5 Å². The van der Waals surface area contributed by atoms with Gasteiger partial charge in [-0.2, -0.15) is 0 Å². The third-order valence-corrected chi connectivity index (χ3v) is 4.19. The quantitative estimate of drug-likeness (QED) is 0.938. The molecule has 2 aromatic carbocycles. The molecule has 0 bridgehead atoms. The van der Waals surface area contributed by atoms with E-state index >= 15 is 0 Å². The van der Waals surface area contributed by atoms with Gasteiger partial charge in [-0.05, 0) is 36.8 Å². The van der Waals surface area contributed by atoms with Gasteiger partial charge in [-0.25, -0.2) is 0 Å². The molecule has 0 aromatic heterocycles. The van der Waals surface area contributed by atoms with Crippen LogP contribution in [-0.4, -0.2) is 26.2 Å². The molecule has 0 saturated carbocycles. The van der Waals surface area contributed by atoms with E-state index in [1.807, 2.05) is 6.92 Å². The SMILES string of the molecule is C[C@H](N)c1ccc(N2CCN(c3ccccc3)CC2)cc1. The highest BCUT2D eigenvalue weighted by molar-refractivity contribution is 5.52. The Morgan fingerprint density at radius 2 is 1.24 bits per heavy atom. The lowest BCUT2D eigenvalue weighted by Crippen LogP contribution is -2.46. The van der Waals surface area contributed by atoms with Crippen molar-refractivity contribution in [3.63, 3.8) is 0 Å². The van der Waals surface area contributed by atoms with E-state index in [4.69, 9.17) is 5.73 Å². The van der Waals surface area contributed by atoms with Crippen molar-refractivity contribution in [2.45, 2.75) is 13.0 Å². The fraction of sp³-hybridized carbons (Fsp3) is 0.333. The second-order valence-electron chi connectivity index (χ2n) is 5.69. The highest BCUT2D eigenvalue weighted by Gasteiger charge is 2.17. The monoisotopic (exact) mass is 281 g/mol. The van der Waals surface area contributed by atoms with Crippen LogP contribution in [0.5, 0.6) is 0 Å². The normalized spacial score (nSPS) is 16.9. The van der Waals surface area contributed by atoms with Crippen LogP contribution in [0.4, 0.5) is 11.4 Å². The summed E-state index contributed by atoms with van der Waals surface area (Å²) in [5, 5.41) is 0. The summed E-state index contributed by atoms with van der Waals surface area (Å²) < 4.78 is 0. The predicted octanol–water partition coefficient (Wildman–Crippen LogP) is 3.03. The first-order chi connectivity index (χ1) is 10.2. The molecule has 2 aromatic rings. The summed E-state index contributed by atoms with van der Waals surface area (Å²) in [6.07, 6.45) is 0. The summed E-state index contributed by atoms with van der Waals surface area (Å²) in [7, 11) is 0. The van der Waals surface area contributed by atoms with E-state index in [1.54, 1.807) is 0 Å². The second-order valence-corrected chi connectivity index (χ2v) is 5.69. The van der Waals surface area contributed by atoms with Crippen molar-refractivity contribution < 1.29 is 0 Å². The molecule has 1 atom stereocenters. The van der Waals surface area contributed by atoms with Gasteiger partial charge in [0, 0.05) is 43.6 Å². The van der Waals surface area contributed by atoms with Crippen molar-refractivity contribution in [1.82, 2.24) is 0 Å². The van der Waals surface area contributed by atoms with Crippen LogP contribution in [0.25, 0.3) is 0 Å². The van der Waals surface area contributed by atoms with E-state index in [0.29, 0.717) is 0 Å². The first kappa shape index (κ1) is 14.0. The number of nitrogens with zero attached hydrogens (tertiary/aromatic N) is 2. The van der Waals surface area contributed by atoms with Gasteiger partial charge >= 0.3 is 0 Å². The molecular formula is C18H23N3. The number of hydrogen-bond acceptors (Lipinski definition) is 3. The number of piperazine rings is 1. The summed E-state index contributed by atoms with van der Waals surface area (Å²) in [5.74, 6) is 0. The lowest BCUT2D eigenvalue weighted by molar-refractivity contribution is 0.653. The second kappa shape index (κ2) is 6.19. The molecular weight excluding hydrogens is 258 g/mol. The Kier molecular flexibility index (Phi) is 4.11. The molecule has 0 spiro atoms. The van der Waals surface area contributed by atoms with Crippen LogP contribution in [0.1, 0.15) is 18.5 Å². The van der Waals surface area contributed by atoms with Crippen molar-refractivity contribution >= 4 is 11.4 Å². The van der Waals surface area contributed by atoms with Crippen LogP contribution in [-0.2, 0) is 0 Å². The zero-order chi connectivity index (χ0) is 14.7. The maximum atomic E-state index is 5.90. The minimum atomic E-state index is 0.106. The topological polar surface area (TPSA) is 32.5 Å². The summed E-state index contributed by atoms with van der Waals surface area (Å²) in [4.78, 5) is 4.90. The first-order valence-corrected chi connectivity index (χ1v) is 7.64. The van der Waals surface area contributed by atoms with Crippen LogP contribution >= 0.6 is 0 Å². The van der Waals surface area contributed by atoms with Crippen molar-refractivity contribution in [2.24, 2.45) is 5.73 Å². The van der Waals surface area contributed by atoms with Gasteiger partial charge in [0.15, 0.2) is 0 Å². The molecule has 0 radical (unpaired) electrons. The maximum Gasteiger partial charge on any atom is 0.0367 e. The minimum Gasteiger partial charge on any atom is -0.368 e. The number of hydrogen-bond donors (Lipinski definition) is 1. The third kappa shape index (κ3) is 3.19. The van der Waals surface area contributed by atoms with E-state index in [2.05, 4.69) is 64.4 Å². The molecule has 1 aliphatic heterocycles. The van der Waals surface area contributed by atoms with E-state index in [-0.39, 0.29) is 6.04 Å². The number of nitrogens with two attached hydrogens (primary N) is 1. The van der Waals surface area contributed by atoms with Gasteiger partial charge in [-0.15, -0.1) is 0 Å². The summed E-state index contributed by atoms with van der Waals surface area (Å²) >= 11 is 0. The molecule has 1 heterocycles. The van der Waals surface area contributed by atoms with Crippen molar-refractivity contribution in [3.8, 4) is 0 Å². The number of para-hydroxylation sites is 1. The van der Waals surface area contributed by atoms with E-state index in [1.165, 1.54) is 16.9 Å². The smallest absolute Gasteiger partial charge is 0.0367 e. The third-order valence-electron chi connectivity index (χ3n) is 4.19. The minimum absolute atomic E-state index is 0.106. The Morgan fingerprint density at radius 3 is 1.71 bits per heavy atom. The molecule has 3 heteroatoms. The molecule has 2 N–H and O–H groups in total. The van der Waals surface area contributed by atoms with Crippen molar-refractivity contribution in [3.05, 3.63) is 60.2 Å². The number of benzene rings is 2. The Labute approximate surface area is 127 Å². The molecule has 3 nitrogen and oxygen atoms in total. The van der Waals surface area contributed by atoms with Crippen LogP contribution in [0, 0.1) is 0 Å². The van der Waals surface area contributed by atoms with Gasteiger partial charge in [0.2, 0.25) is 0 Å². The highest BCUT2D eigenvalue weighted by Crippen LogP contribution is 2.21. The zero-order valence-corrected chi connectivity index (χ0v) is 12.6. The van der Waals surface area contributed by atoms with Gasteiger partial charge in [0.1, 0.15) is 0 Å². The van der Waals surface area contributed by atoms with Gasteiger partial charge in [-0.1, -0.05) is 30.3 Å². The molecule has 110 valence electrons. The van der Waals surface area contributed by atoms with Crippen molar-refractivity contribution in [1.29, 1.82) is 0 Å². The Hall–Kier alpha value is -2.00. The van der Waals surface area contributed by atoms with Crippen LogP contribution in [0.3, 0.4) is 0 Å². The van der Waals surface area contributed by atoms with Gasteiger partial charge in [0.25, 0.3) is 0 Å². The maximum absolute atomic E-state index is 5.90. The fourth-order valence-corrected chi connectivity index (χ4v) is 2.85. The number of rotatable bonds is 3. The number of anilines is 2. The molecule has 21 heavy (non-hydrogen) atoms. The Morgan fingerprint density at radius 1 is 0.762 bits per heavy atom. The Bertz CT molecular complexity index is 555. The van der Waals surface area contributed by atoms with Crippen LogP contribution in [0.2, 0.25) is 0 Å². The molecule has 0 unspecified atom stereocenters. The van der Waals surface area contributed by atoms with Crippen molar-refractivity contribution in [2.75, 3.05) is 36.0 Å². The standard InChI is InChI=1S/C18H23N3/c1-15(19)16-7-9-18(10-8-16)21-13-11-20(12-14-21)17-5-3-2-4-6-17/h2-10,15H,11-14,19H2,1H3/t15-/m0/s1. The molecule has 1 aliphatic rings. The summed E-state index contributed by atoms with van der Waals surface area (Å²) in [5.41, 5.74) is 9.72. The predicted molar refractivity (Wildman–Crippen MR) is 89.9 cm³/mol. The Balaban J connectivity index is 1.63. The molecule has 0 amide bonds.